The normalized spacial score (nSPS) is 9.53. The molecular weight excluding hydrogens is 404 g/mol. The average Bonchev–Trinajstić information content (AvgIpc) is 2.75. The number of rotatable bonds is 8. The average molecular weight is 426 g/mol. The van der Waals surface area contributed by atoms with E-state index in [0.717, 1.165) is 0 Å². The standard InChI is InChI=1S/C18H22NO7.NO3/c1-21-11-7-13(23-3)17(14(8-11)24-4)19(20)18-15(25-5)9-12(22-2)10-16(18)26-6;2-1(3)4/h7-10H,1-6H3;/q+1;-1. The minimum atomic E-state index is -1.75. The van der Waals surface area contributed by atoms with Crippen LogP contribution in [0.2, 0.25) is 0 Å². The van der Waals surface area contributed by atoms with Crippen molar-refractivity contribution in [3.63, 3.8) is 0 Å². The molecule has 0 aliphatic rings. The third-order valence-corrected chi connectivity index (χ3v) is 3.78. The number of ether oxygens (including phenoxy) is 6. The minimum Gasteiger partial charge on any atom is -0.496 e. The predicted octanol–water partition coefficient (Wildman–Crippen LogP) is 3.10. The first-order valence-electron chi connectivity index (χ1n) is 8.16. The molecule has 0 spiro atoms. The van der Waals surface area contributed by atoms with Crippen molar-refractivity contribution in [3.8, 4) is 34.5 Å². The van der Waals surface area contributed by atoms with Gasteiger partial charge in [0.2, 0.25) is 23.0 Å². The summed E-state index contributed by atoms with van der Waals surface area (Å²) in [5, 5.41) is 14.8. The van der Waals surface area contributed by atoms with Gasteiger partial charge >= 0.3 is 11.4 Å². The number of hydrogen-bond acceptors (Lipinski definition) is 10. The second kappa shape index (κ2) is 11.1. The largest absolute Gasteiger partial charge is 0.496 e. The molecule has 2 rings (SSSR count). The van der Waals surface area contributed by atoms with Crippen LogP contribution in [-0.2, 0) is 0 Å². The third-order valence-electron chi connectivity index (χ3n) is 3.78. The molecule has 2 aromatic rings. The van der Waals surface area contributed by atoms with Crippen LogP contribution in [0.4, 0.5) is 11.4 Å². The van der Waals surface area contributed by atoms with E-state index in [4.69, 9.17) is 43.7 Å². The SMILES string of the molecule is COc1cc(OC)c([N+](=O)c2c(OC)cc(OC)cc2OC)c(OC)c1.O=[N+]([O-])[O-]. The summed E-state index contributed by atoms with van der Waals surface area (Å²) in [5.74, 6) is 2.08. The van der Waals surface area contributed by atoms with Crippen molar-refractivity contribution in [2.24, 2.45) is 0 Å². The van der Waals surface area contributed by atoms with Crippen molar-refractivity contribution >= 4 is 11.4 Å². The van der Waals surface area contributed by atoms with Crippen LogP contribution in [0.1, 0.15) is 0 Å². The van der Waals surface area contributed by atoms with E-state index < -0.39 is 5.09 Å². The molecule has 0 bridgehead atoms. The van der Waals surface area contributed by atoms with Crippen molar-refractivity contribution in [1.82, 2.24) is 4.76 Å². The summed E-state index contributed by atoms with van der Waals surface area (Å²) in [5.41, 5.74) is 0.301. The van der Waals surface area contributed by atoms with Gasteiger partial charge in [0.15, 0.2) is 0 Å². The van der Waals surface area contributed by atoms with E-state index in [0.29, 0.717) is 16.3 Å². The smallest absolute Gasteiger partial charge is 0.347 e. The highest BCUT2D eigenvalue weighted by Crippen LogP contribution is 2.48. The molecule has 2 aromatic carbocycles. The Hall–Kier alpha value is -3.96. The lowest BCUT2D eigenvalue weighted by Gasteiger charge is -2.12. The lowest BCUT2D eigenvalue weighted by Crippen LogP contribution is -2.07. The van der Waals surface area contributed by atoms with Gasteiger partial charge in [-0.3, -0.25) is 0 Å². The molecule has 164 valence electrons. The van der Waals surface area contributed by atoms with Crippen molar-refractivity contribution in [3.05, 3.63) is 44.5 Å². The van der Waals surface area contributed by atoms with Gasteiger partial charge in [-0.2, -0.15) is 0 Å². The van der Waals surface area contributed by atoms with Crippen LogP contribution in [0, 0.1) is 20.2 Å². The Morgan fingerprint density at radius 1 is 0.567 bits per heavy atom. The van der Waals surface area contributed by atoms with E-state index in [-0.39, 0.29) is 34.4 Å². The van der Waals surface area contributed by atoms with Crippen molar-refractivity contribution < 1.29 is 33.5 Å². The molecule has 0 amide bonds. The van der Waals surface area contributed by atoms with Crippen LogP contribution >= 0.6 is 0 Å². The fourth-order valence-electron chi connectivity index (χ4n) is 2.49. The summed E-state index contributed by atoms with van der Waals surface area (Å²) in [4.78, 5) is 21.5. The molecule has 0 aromatic heterocycles. The van der Waals surface area contributed by atoms with E-state index in [1.54, 1.807) is 24.3 Å². The number of methoxy groups -OCH3 is 6. The molecule has 12 nitrogen and oxygen atoms in total. The van der Waals surface area contributed by atoms with E-state index >= 15 is 0 Å². The summed E-state index contributed by atoms with van der Waals surface area (Å²) in [6, 6.07) is 6.35. The first-order chi connectivity index (χ1) is 14.3. The maximum atomic E-state index is 13.3. The van der Waals surface area contributed by atoms with Gasteiger partial charge in [-0.25, -0.2) is 0 Å². The van der Waals surface area contributed by atoms with Gasteiger partial charge in [0, 0.05) is 29.2 Å². The van der Waals surface area contributed by atoms with Gasteiger partial charge in [0.1, 0.15) is 11.5 Å². The fourth-order valence-corrected chi connectivity index (χ4v) is 2.49. The van der Waals surface area contributed by atoms with E-state index in [9.17, 15) is 4.91 Å². The first kappa shape index (κ1) is 24.1. The van der Waals surface area contributed by atoms with Gasteiger partial charge in [-0.05, 0) is 0 Å². The highest BCUT2D eigenvalue weighted by atomic mass is 16.9. The Kier molecular flexibility index (Phi) is 8.94. The second-order valence-corrected chi connectivity index (χ2v) is 5.28. The van der Waals surface area contributed by atoms with Gasteiger partial charge in [0.05, 0.1) is 52.5 Å². The molecule has 0 heterocycles. The van der Waals surface area contributed by atoms with Crippen LogP contribution in [0.3, 0.4) is 0 Å². The van der Waals surface area contributed by atoms with Gasteiger partial charge in [-0.1, -0.05) is 0 Å². The molecule has 0 unspecified atom stereocenters. The number of nitrogens with zero attached hydrogens (tertiary/aromatic N) is 2. The molecule has 0 N–H and O–H groups in total. The van der Waals surface area contributed by atoms with Crippen LogP contribution in [-0.4, -0.2) is 47.7 Å². The third kappa shape index (κ3) is 5.53. The van der Waals surface area contributed by atoms with Gasteiger partial charge < -0.3 is 43.7 Å². The Balaban J connectivity index is 0.00000103. The number of hydrogen-bond donors (Lipinski definition) is 0. The highest BCUT2D eigenvalue weighted by molar-refractivity contribution is 5.75. The number of nitroso groups, excluding NO2 is 1. The molecule has 0 atom stereocenters. The quantitative estimate of drug-likeness (QED) is 0.351. The molecule has 0 aliphatic carbocycles. The Morgan fingerprint density at radius 3 is 0.967 bits per heavy atom. The monoisotopic (exact) mass is 426 g/mol. The predicted molar refractivity (Wildman–Crippen MR) is 107 cm³/mol. The molecule has 0 saturated carbocycles. The second-order valence-electron chi connectivity index (χ2n) is 5.28. The molecule has 0 radical (unpaired) electrons. The van der Waals surface area contributed by atoms with Crippen LogP contribution in [0.25, 0.3) is 0 Å². The van der Waals surface area contributed by atoms with Gasteiger partial charge in [0.25, 0.3) is 0 Å². The molecular formula is C18H22N2O10. The molecule has 0 fully saturated rings. The van der Waals surface area contributed by atoms with E-state index in [1.165, 1.54) is 42.7 Å². The maximum Gasteiger partial charge on any atom is 0.347 e. The van der Waals surface area contributed by atoms with Crippen molar-refractivity contribution in [2.75, 3.05) is 42.7 Å². The van der Waals surface area contributed by atoms with Crippen molar-refractivity contribution in [2.45, 2.75) is 0 Å². The van der Waals surface area contributed by atoms with E-state index in [1.807, 2.05) is 0 Å². The zero-order chi connectivity index (χ0) is 22.8. The van der Waals surface area contributed by atoms with Gasteiger partial charge in [-0.15, -0.1) is 0 Å². The molecule has 0 aliphatic heterocycles. The fraction of sp³-hybridized carbons (Fsp3) is 0.333. The van der Waals surface area contributed by atoms with Crippen LogP contribution in [0.15, 0.2) is 24.3 Å². The lowest BCUT2D eigenvalue weighted by molar-refractivity contribution is -0.402. The lowest BCUT2D eigenvalue weighted by atomic mass is 10.2. The first-order valence-corrected chi connectivity index (χ1v) is 8.16. The summed E-state index contributed by atoms with van der Waals surface area (Å²) in [7, 11) is 8.83. The molecule has 30 heavy (non-hydrogen) atoms. The van der Waals surface area contributed by atoms with Crippen molar-refractivity contribution in [1.29, 1.82) is 0 Å². The Bertz CT molecular complexity index is 781. The van der Waals surface area contributed by atoms with Crippen LogP contribution < -0.4 is 33.2 Å². The summed E-state index contributed by atoms with van der Waals surface area (Å²) in [6.07, 6.45) is 0. The summed E-state index contributed by atoms with van der Waals surface area (Å²) < 4.78 is 32.5. The Morgan fingerprint density at radius 2 is 0.800 bits per heavy atom. The molecule has 12 heteroatoms. The van der Waals surface area contributed by atoms with E-state index in [2.05, 4.69) is 0 Å². The molecule has 0 saturated heterocycles. The zero-order valence-electron chi connectivity index (χ0n) is 17.3. The summed E-state index contributed by atoms with van der Waals surface area (Å²) in [6.45, 7) is 0. The Labute approximate surface area is 172 Å². The van der Waals surface area contributed by atoms with Crippen LogP contribution in [0.5, 0.6) is 34.5 Å². The minimum absolute atomic E-state index is 0.151. The maximum absolute atomic E-state index is 13.3. The number of benzene rings is 2. The topological polar surface area (TPSA) is 142 Å². The highest BCUT2D eigenvalue weighted by Gasteiger charge is 2.36. The zero-order valence-corrected chi connectivity index (χ0v) is 17.3. The summed E-state index contributed by atoms with van der Waals surface area (Å²) >= 11 is 0.